The predicted molar refractivity (Wildman–Crippen MR) is 97.4 cm³/mol. The largest absolute Gasteiger partial charge is 0.362 e. The van der Waals surface area contributed by atoms with Crippen LogP contribution < -0.4 is 0 Å². The van der Waals surface area contributed by atoms with Crippen molar-refractivity contribution in [2.24, 2.45) is 0 Å². The highest BCUT2D eigenvalue weighted by Crippen LogP contribution is 2.31. The zero-order chi connectivity index (χ0) is 17.4. The van der Waals surface area contributed by atoms with E-state index in [0.717, 1.165) is 39.5 Å². The maximum atomic E-state index is 7.29. The van der Waals surface area contributed by atoms with E-state index < -0.39 is 0 Å². The molecule has 0 aliphatic rings. The highest BCUT2D eigenvalue weighted by Gasteiger charge is 2.14. The van der Waals surface area contributed by atoms with Gasteiger partial charge in [-0.15, -0.1) is 0 Å². The van der Waals surface area contributed by atoms with Crippen LogP contribution in [0, 0.1) is 20.4 Å². The maximum absolute atomic E-state index is 7.29. The number of fused-ring (bicyclic) bond motifs is 1. The van der Waals surface area contributed by atoms with Crippen LogP contribution in [0.25, 0.3) is 33.0 Å². The molecule has 0 atom stereocenters. The van der Waals surface area contributed by atoms with E-state index in [1.165, 1.54) is 0 Å². The zero-order valence-corrected chi connectivity index (χ0v) is 13.9. The van der Waals surface area contributed by atoms with Crippen LogP contribution in [0.3, 0.4) is 0 Å². The fourth-order valence-corrected chi connectivity index (χ4v) is 2.87. The van der Waals surface area contributed by atoms with E-state index in [1.54, 1.807) is 10.6 Å². The van der Waals surface area contributed by atoms with Gasteiger partial charge in [0.2, 0.25) is 5.65 Å². The predicted octanol–water partition coefficient (Wildman–Crippen LogP) is 4.63. The minimum Gasteiger partial charge on any atom is -0.362 e. The molecule has 5 nitrogen and oxygen atoms in total. The monoisotopic (exact) mass is 325 g/mol. The molecule has 4 aromatic rings. The van der Waals surface area contributed by atoms with E-state index in [2.05, 4.69) is 20.9 Å². The fraction of sp³-hybridized carbons (Fsp3) is 0.100. The second kappa shape index (κ2) is 5.84. The summed E-state index contributed by atoms with van der Waals surface area (Å²) in [7, 11) is 0. The molecule has 0 radical (unpaired) electrons. The molecule has 25 heavy (non-hydrogen) atoms. The first-order chi connectivity index (χ1) is 12.2. The van der Waals surface area contributed by atoms with E-state index in [-0.39, 0.29) is 0 Å². The van der Waals surface area contributed by atoms with Crippen LogP contribution in [0.2, 0.25) is 0 Å². The van der Waals surface area contributed by atoms with Gasteiger partial charge in [-0.25, -0.2) is 9.38 Å². The van der Waals surface area contributed by atoms with Crippen molar-refractivity contribution in [3.63, 3.8) is 0 Å². The van der Waals surface area contributed by atoms with Crippen LogP contribution in [0.15, 0.2) is 54.9 Å². The molecule has 4 aromatic heterocycles. The van der Waals surface area contributed by atoms with Gasteiger partial charge in [0.25, 0.3) is 5.82 Å². The van der Waals surface area contributed by atoms with Crippen molar-refractivity contribution in [3.8, 4) is 22.5 Å². The lowest BCUT2D eigenvalue weighted by molar-refractivity contribution is 1.14. The molecule has 5 heteroatoms. The van der Waals surface area contributed by atoms with Gasteiger partial charge >= 0.3 is 0 Å². The standard InChI is InChI=1S/C20H15N5/c1-13-5-4-6-17(23-13)20-16(9-7-14(2)24-20)15-8-10-18-22-11-19(21-3)25(18)12-15/h4-12H,1-2H3. The summed E-state index contributed by atoms with van der Waals surface area (Å²) < 4.78 is 1.80. The van der Waals surface area contributed by atoms with Crippen LogP contribution in [0.1, 0.15) is 11.4 Å². The topological polar surface area (TPSA) is 47.4 Å². The Bertz CT molecular complexity index is 1130. The van der Waals surface area contributed by atoms with E-state index in [0.29, 0.717) is 5.82 Å². The molecule has 0 amide bonds. The first-order valence-electron chi connectivity index (χ1n) is 7.92. The van der Waals surface area contributed by atoms with Crippen molar-refractivity contribution in [2.45, 2.75) is 13.8 Å². The van der Waals surface area contributed by atoms with Crippen LogP contribution in [-0.2, 0) is 0 Å². The molecular weight excluding hydrogens is 310 g/mol. The second-order valence-corrected chi connectivity index (χ2v) is 5.89. The van der Waals surface area contributed by atoms with E-state index in [1.807, 2.05) is 56.4 Å². The number of hydrogen-bond acceptors (Lipinski definition) is 3. The summed E-state index contributed by atoms with van der Waals surface area (Å²) in [6.45, 7) is 11.2. The minimum absolute atomic E-state index is 0.493. The third-order valence-electron chi connectivity index (χ3n) is 4.08. The van der Waals surface area contributed by atoms with E-state index >= 15 is 0 Å². The number of imidazole rings is 1. The van der Waals surface area contributed by atoms with Gasteiger partial charge in [0.15, 0.2) is 0 Å². The van der Waals surface area contributed by atoms with Crippen molar-refractivity contribution in [1.82, 2.24) is 19.4 Å². The SMILES string of the molecule is [C-]#[N+]c1cnc2ccc(-c3ccc(C)nc3-c3cccc(C)n3)cn12. The number of pyridine rings is 3. The van der Waals surface area contributed by atoms with Crippen molar-refractivity contribution < 1.29 is 0 Å². The van der Waals surface area contributed by atoms with Crippen molar-refractivity contribution in [2.75, 3.05) is 0 Å². The molecule has 0 N–H and O–H groups in total. The van der Waals surface area contributed by atoms with Gasteiger partial charge in [0, 0.05) is 28.6 Å². The van der Waals surface area contributed by atoms with E-state index in [4.69, 9.17) is 11.6 Å². The third kappa shape index (κ3) is 2.64. The molecule has 4 heterocycles. The average molecular weight is 325 g/mol. The van der Waals surface area contributed by atoms with Crippen LogP contribution in [0.5, 0.6) is 0 Å². The Morgan fingerprint density at radius 1 is 0.960 bits per heavy atom. The number of nitrogens with zero attached hydrogens (tertiary/aromatic N) is 5. The molecule has 0 saturated heterocycles. The molecule has 0 aliphatic heterocycles. The number of hydrogen-bond donors (Lipinski definition) is 0. The number of aryl methyl sites for hydroxylation is 2. The first kappa shape index (κ1) is 15.0. The van der Waals surface area contributed by atoms with Gasteiger partial charge in [0.05, 0.1) is 23.8 Å². The Morgan fingerprint density at radius 2 is 1.80 bits per heavy atom. The molecule has 120 valence electrons. The Labute approximate surface area is 145 Å². The first-order valence-corrected chi connectivity index (χ1v) is 7.92. The summed E-state index contributed by atoms with van der Waals surface area (Å²) in [6.07, 6.45) is 3.52. The summed E-state index contributed by atoms with van der Waals surface area (Å²) in [6, 6.07) is 13.9. The molecule has 0 spiro atoms. The highest BCUT2D eigenvalue weighted by molar-refractivity contribution is 5.79. The summed E-state index contributed by atoms with van der Waals surface area (Å²) in [5, 5.41) is 0. The molecule has 0 fully saturated rings. The zero-order valence-electron chi connectivity index (χ0n) is 13.9. The molecule has 0 unspecified atom stereocenters. The molecular formula is C20H15N5. The number of aromatic nitrogens is 4. The molecule has 0 saturated carbocycles. The lowest BCUT2D eigenvalue weighted by Crippen LogP contribution is -1.96. The average Bonchev–Trinajstić information content (AvgIpc) is 3.04. The van der Waals surface area contributed by atoms with Crippen molar-refractivity contribution >= 4 is 11.5 Å². The highest BCUT2D eigenvalue weighted by atomic mass is 15.1. The summed E-state index contributed by atoms with van der Waals surface area (Å²) in [4.78, 5) is 17.1. The second-order valence-electron chi connectivity index (χ2n) is 5.89. The van der Waals surface area contributed by atoms with Crippen molar-refractivity contribution in [3.05, 3.63) is 77.7 Å². The molecule has 4 rings (SSSR count). The molecule has 0 aliphatic carbocycles. The minimum atomic E-state index is 0.493. The third-order valence-corrected chi connectivity index (χ3v) is 4.08. The fourth-order valence-electron chi connectivity index (χ4n) is 2.87. The maximum Gasteiger partial charge on any atom is 0.254 e. The Morgan fingerprint density at radius 3 is 2.60 bits per heavy atom. The summed E-state index contributed by atoms with van der Waals surface area (Å²) in [5.41, 5.74) is 6.28. The van der Waals surface area contributed by atoms with Gasteiger partial charge in [0.1, 0.15) is 0 Å². The lowest BCUT2D eigenvalue weighted by Gasteiger charge is -2.10. The Hall–Kier alpha value is -3.52. The lowest BCUT2D eigenvalue weighted by atomic mass is 10.0. The summed E-state index contributed by atoms with van der Waals surface area (Å²) >= 11 is 0. The van der Waals surface area contributed by atoms with Crippen LogP contribution >= 0.6 is 0 Å². The summed E-state index contributed by atoms with van der Waals surface area (Å²) in [5.74, 6) is 0.493. The Balaban J connectivity index is 1.96. The van der Waals surface area contributed by atoms with Gasteiger partial charge in [-0.05, 0) is 38.1 Å². The van der Waals surface area contributed by atoms with Gasteiger partial charge in [-0.3, -0.25) is 9.97 Å². The van der Waals surface area contributed by atoms with Gasteiger partial charge in [-0.1, -0.05) is 18.7 Å². The van der Waals surface area contributed by atoms with E-state index in [9.17, 15) is 0 Å². The van der Waals surface area contributed by atoms with Crippen LogP contribution in [-0.4, -0.2) is 19.4 Å². The van der Waals surface area contributed by atoms with Gasteiger partial charge in [-0.2, -0.15) is 0 Å². The smallest absolute Gasteiger partial charge is 0.254 e. The van der Waals surface area contributed by atoms with Gasteiger partial charge < -0.3 is 4.85 Å². The quantitative estimate of drug-likeness (QED) is 0.505. The molecule has 0 aromatic carbocycles. The van der Waals surface area contributed by atoms with Crippen LogP contribution in [0.4, 0.5) is 5.82 Å². The normalized spacial score (nSPS) is 10.8. The molecule has 0 bridgehead atoms. The number of rotatable bonds is 2. The Kier molecular flexibility index (Phi) is 3.51. The van der Waals surface area contributed by atoms with Crippen molar-refractivity contribution in [1.29, 1.82) is 0 Å².